The lowest BCUT2D eigenvalue weighted by molar-refractivity contribution is -0.133. The van der Waals surface area contributed by atoms with E-state index in [9.17, 15) is 23.8 Å². The van der Waals surface area contributed by atoms with Gasteiger partial charge in [-0.25, -0.2) is 8.78 Å². The zero-order chi connectivity index (χ0) is 32.1. The number of amides is 2. The number of likely N-dealkylation sites (tertiary alicyclic amines) is 2. The number of hydrogen-bond donors (Lipinski definition) is 4. The fourth-order valence-corrected chi connectivity index (χ4v) is 7.45. The molecule has 10 nitrogen and oxygen atoms in total. The van der Waals surface area contributed by atoms with Crippen LogP contribution >= 0.6 is 0 Å². The maximum Gasteiger partial charge on any atom is 0.264 e. The van der Waals surface area contributed by atoms with E-state index in [0.717, 1.165) is 44.3 Å². The van der Waals surface area contributed by atoms with Crippen LogP contribution in [0.4, 0.5) is 14.5 Å². The summed E-state index contributed by atoms with van der Waals surface area (Å²) in [5.41, 5.74) is 7.95. The predicted octanol–water partition coefficient (Wildman–Crippen LogP) is 3.17. The van der Waals surface area contributed by atoms with Crippen LogP contribution in [0.15, 0.2) is 23.3 Å². The van der Waals surface area contributed by atoms with Crippen molar-refractivity contribution in [2.24, 2.45) is 22.6 Å². The summed E-state index contributed by atoms with van der Waals surface area (Å²) in [5, 5.41) is 16.6. The lowest BCUT2D eigenvalue weighted by Gasteiger charge is -2.45. The number of hydrogen-bond acceptors (Lipinski definition) is 7. The Kier molecular flexibility index (Phi) is 10.9. The second-order valence-corrected chi connectivity index (χ2v) is 12.9. The number of amidine groups is 1. The highest BCUT2D eigenvalue weighted by molar-refractivity contribution is 6.10. The highest BCUT2D eigenvalue weighted by Crippen LogP contribution is 2.38. The number of nitrogens with zero attached hydrogens (tertiary/aromatic N) is 4. The SMILES string of the molecule is CN=CC(=CN)c1cc2c(cc1C(F)F)N(C(=N)C1CN(C(C)=O)CCC1NC1CCN(C(=O)CC3CCNC3)CC1)CCC2. The Morgan fingerprint density at radius 1 is 1.16 bits per heavy atom. The zero-order valence-electron chi connectivity index (χ0n) is 26.5. The third-order valence-electron chi connectivity index (χ3n) is 9.99. The molecule has 5 N–H and O–H groups in total. The smallest absolute Gasteiger partial charge is 0.264 e. The summed E-state index contributed by atoms with van der Waals surface area (Å²) in [4.78, 5) is 35.0. The van der Waals surface area contributed by atoms with Crippen LogP contribution in [0.25, 0.3) is 5.57 Å². The van der Waals surface area contributed by atoms with E-state index in [2.05, 4.69) is 15.6 Å². The standard InChI is InChI=1S/C33H48F2N8O2/c1-21(44)42-13-8-29(40-25-6-11-41(12-7-25)31(45)14-22-5-9-39-18-22)28(20-42)33(37)43-10-3-4-23-15-26(24(17-36)19-38-2)27(32(34)35)16-30(23)43/h15-17,19,22,25,28-29,32,37,39-40H,3-14,18,20,36H2,1-2H3. The highest BCUT2D eigenvalue weighted by Gasteiger charge is 2.39. The van der Waals surface area contributed by atoms with Gasteiger partial charge in [0.25, 0.3) is 6.43 Å². The van der Waals surface area contributed by atoms with Crippen molar-refractivity contribution in [3.05, 3.63) is 35.0 Å². The van der Waals surface area contributed by atoms with Gasteiger partial charge in [0.1, 0.15) is 5.84 Å². The summed E-state index contributed by atoms with van der Waals surface area (Å²) in [6, 6.07) is 3.44. The second-order valence-electron chi connectivity index (χ2n) is 12.9. The highest BCUT2D eigenvalue weighted by atomic mass is 19.3. The molecule has 45 heavy (non-hydrogen) atoms. The zero-order valence-corrected chi connectivity index (χ0v) is 26.5. The van der Waals surface area contributed by atoms with E-state index in [1.165, 1.54) is 18.5 Å². The summed E-state index contributed by atoms with van der Waals surface area (Å²) in [6.45, 7) is 6.43. The van der Waals surface area contributed by atoms with E-state index in [0.29, 0.717) is 80.6 Å². The van der Waals surface area contributed by atoms with Crippen molar-refractivity contribution in [2.45, 2.75) is 70.4 Å². The topological polar surface area (TPSA) is 130 Å². The van der Waals surface area contributed by atoms with Gasteiger partial charge >= 0.3 is 0 Å². The fourth-order valence-electron chi connectivity index (χ4n) is 7.45. The first-order valence-electron chi connectivity index (χ1n) is 16.4. The lowest BCUT2D eigenvalue weighted by Crippen LogP contribution is -2.59. The summed E-state index contributed by atoms with van der Waals surface area (Å²) in [6.07, 6.45) is 5.58. The van der Waals surface area contributed by atoms with Crippen molar-refractivity contribution in [3.63, 3.8) is 0 Å². The van der Waals surface area contributed by atoms with Gasteiger partial charge in [0, 0.05) is 100 Å². The number of anilines is 1. The normalized spacial score (nSPS) is 24.9. The van der Waals surface area contributed by atoms with Crippen molar-refractivity contribution in [2.75, 3.05) is 57.8 Å². The van der Waals surface area contributed by atoms with Gasteiger partial charge in [0.2, 0.25) is 11.8 Å². The maximum atomic E-state index is 14.4. The van der Waals surface area contributed by atoms with Crippen LogP contribution in [0.1, 0.15) is 68.6 Å². The first-order valence-corrected chi connectivity index (χ1v) is 16.4. The molecule has 0 saturated carbocycles. The number of fused-ring (bicyclic) bond motifs is 1. The monoisotopic (exact) mass is 626 g/mol. The maximum absolute atomic E-state index is 14.4. The summed E-state index contributed by atoms with van der Waals surface area (Å²) in [5.74, 6) is 0.680. The van der Waals surface area contributed by atoms with E-state index in [-0.39, 0.29) is 35.4 Å². The second kappa shape index (κ2) is 14.8. The molecule has 4 heterocycles. The first-order chi connectivity index (χ1) is 21.7. The van der Waals surface area contributed by atoms with Gasteiger partial charge in [-0.05, 0) is 80.8 Å². The number of nitrogens with one attached hydrogen (secondary N) is 3. The molecule has 3 fully saturated rings. The Hall–Kier alpha value is -3.38. The molecule has 0 aromatic heterocycles. The third kappa shape index (κ3) is 7.54. The van der Waals surface area contributed by atoms with Crippen LogP contribution in [0.3, 0.4) is 0 Å². The van der Waals surface area contributed by atoms with Crippen LogP contribution < -0.4 is 21.3 Å². The largest absolute Gasteiger partial charge is 0.404 e. The van der Waals surface area contributed by atoms with Crippen molar-refractivity contribution in [3.8, 4) is 0 Å². The molecule has 1 aromatic carbocycles. The van der Waals surface area contributed by atoms with Gasteiger partial charge in [-0.15, -0.1) is 0 Å². The molecule has 246 valence electrons. The molecule has 3 saturated heterocycles. The Labute approximate surface area is 265 Å². The molecular weight excluding hydrogens is 578 g/mol. The number of allylic oxidation sites excluding steroid dienone is 1. The average Bonchev–Trinajstić information content (AvgIpc) is 3.55. The van der Waals surface area contributed by atoms with E-state index >= 15 is 0 Å². The number of benzene rings is 1. The molecule has 5 rings (SSSR count). The first kappa shape index (κ1) is 33.0. The predicted molar refractivity (Wildman–Crippen MR) is 174 cm³/mol. The molecule has 0 aliphatic carbocycles. The van der Waals surface area contributed by atoms with Crippen LogP contribution in [0.2, 0.25) is 0 Å². The van der Waals surface area contributed by atoms with Gasteiger partial charge in [0.05, 0.1) is 0 Å². The van der Waals surface area contributed by atoms with Crippen molar-refractivity contribution >= 4 is 35.1 Å². The molecule has 0 spiro atoms. The molecule has 1 aromatic rings. The fraction of sp³-hybridized carbons (Fsp3) is 0.636. The lowest BCUT2D eigenvalue weighted by atomic mass is 9.86. The Bertz CT molecular complexity index is 1300. The molecule has 0 radical (unpaired) electrons. The van der Waals surface area contributed by atoms with E-state index in [1.54, 1.807) is 24.9 Å². The number of carbonyl (C=O) groups excluding carboxylic acids is 2. The van der Waals surface area contributed by atoms with Crippen molar-refractivity contribution in [1.82, 2.24) is 20.4 Å². The Morgan fingerprint density at radius 2 is 1.91 bits per heavy atom. The van der Waals surface area contributed by atoms with E-state index in [4.69, 9.17) is 5.73 Å². The van der Waals surface area contributed by atoms with Crippen LogP contribution in [-0.4, -0.2) is 98.6 Å². The minimum atomic E-state index is -2.73. The van der Waals surface area contributed by atoms with Crippen LogP contribution in [0, 0.1) is 17.2 Å². The average molecular weight is 627 g/mol. The number of aryl methyl sites for hydroxylation is 1. The van der Waals surface area contributed by atoms with Gasteiger partial charge < -0.3 is 31.1 Å². The van der Waals surface area contributed by atoms with Crippen molar-refractivity contribution < 1.29 is 18.4 Å². The van der Waals surface area contributed by atoms with Gasteiger partial charge in [0.15, 0.2) is 0 Å². The molecule has 3 unspecified atom stereocenters. The molecular formula is C33H48F2N8O2. The summed E-state index contributed by atoms with van der Waals surface area (Å²) in [7, 11) is 1.57. The third-order valence-corrected chi connectivity index (χ3v) is 9.99. The van der Waals surface area contributed by atoms with Gasteiger partial charge in [-0.3, -0.25) is 20.0 Å². The Morgan fingerprint density at radius 3 is 2.56 bits per heavy atom. The number of alkyl halides is 2. The van der Waals surface area contributed by atoms with E-state index in [1.807, 2.05) is 9.80 Å². The quantitative estimate of drug-likeness (QED) is 0.259. The molecule has 0 bridgehead atoms. The Balaban J connectivity index is 1.33. The number of aliphatic imine (C=N–C) groups is 1. The number of carbonyl (C=O) groups is 2. The number of halogens is 2. The minimum Gasteiger partial charge on any atom is -0.404 e. The number of piperidine rings is 2. The summed E-state index contributed by atoms with van der Waals surface area (Å²) >= 11 is 0. The molecule has 4 aliphatic rings. The van der Waals surface area contributed by atoms with E-state index < -0.39 is 6.43 Å². The van der Waals surface area contributed by atoms with Gasteiger partial charge in [-0.2, -0.15) is 0 Å². The number of nitrogens with two attached hydrogens (primary N) is 1. The molecule has 2 amide bonds. The van der Waals surface area contributed by atoms with Crippen LogP contribution in [0.5, 0.6) is 0 Å². The minimum absolute atomic E-state index is 0.0297. The summed E-state index contributed by atoms with van der Waals surface area (Å²) < 4.78 is 28.8. The molecule has 12 heteroatoms. The van der Waals surface area contributed by atoms with Crippen LogP contribution in [-0.2, 0) is 16.0 Å². The molecule has 4 aliphatic heterocycles. The van der Waals surface area contributed by atoms with Crippen molar-refractivity contribution in [1.29, 1.82) is 5.41 Å². The number of rotatable bonds is 8. The molecule has 3 atom stereocenters. The van der Waals surface area contributed by atoms with Gasteiger partial charge in [-0.1, -0.05) is 0 Å².